The van der Waals surface area contributed by atoms with Crippen molar-refractivity contribution >= 4 is 35.0 Å². The molecule has 0 aliphatic rings. The molecule has 0 saturated carbocycles. The number of hydrogen-bond acceptors (Lipinski definition) is 7. The summed E-state index contributed by atoms with van der Waals surface area (Å²) in [5.74, 6) is -1.10. The van der Waals surface area contributed by atoms with E-state index in [1.54, 1.807) is 6.92 Å². The van der Waals surface area contributed by atoms with Gasteiger partial charge in [-0.25, -0.2) is 0 Å². The second kappa shape index (κ2) is 8.12. The number of aryl methyl sites for hydroxylation is 1. The number of hydrogen-bond donors (Lipinski definition) is 0. The number of ketones is 1. The second-order valence-electron chi connectivity index (χ2n) is 4.71. The van der Waals surface area contributed by atoms with Gasteiger partial charge in [-0.05, 0) is 6.92 Å². The lowest BCUT2D eigenvalue weighted by atomic mass is 9.95. The van der Waals surface area contributed by atoms with Crippen LogP contribution in [0.1, 0.15) is 24.9 Å². The largest absolute Gasteiger partial charge is 0.465 e. The molecule has 0 aromatic carbocycles. The summed E-state index contributed by atoms with van der Waals surface area (Å²) in [4.78, 5) is 24.4. The maximum Gasteiger partial charge on any atom is 0.316 e. The molecule has 0 N–H and O–H groups in total. The van der Waals surface area contributed by atoms with Gasteiger partial charge in [0.25, 0.3) is 0 Å². The molecule has 9 heteroatoms. The average Bonchev–Trinajstić information content (AvgIpc) is 3.11. The van der Waals surface area contributed by atoms with Crippen LogP contribution in [0.5, 0.6) is 0 Å². The highest BCUT2D eigenvalue weighted by Crippen LogP contribution is 2.18. The SMILES string of the molecule is CCOC(=O)C(Cc1cc(Cl)no1)C(=O)CCc1cc(Cl)no1. The number of rotatable bonds is 8. The normalized spacial score (nSPS) is 12.1. The molecule has 124 valence electrons. The van der Waals surface area contributed by atoms with Crippen molar-refractivity contribution in [2.24, 2.45) is 5.92 Å². The lowest BCUT2D eigenvalue weighted by Crippen LogP contribution is -2.28. The lowest BCUT2D eigenvalue weighted by Gasteiger charge is -2.12. The molecule has 2 rings (SSSR count). The van der Waals surface area contributed by atoms with Gasteiger partial charge in [0.2, 0.25) is 0 Å². The first-order chi connectivity index (χ1) is 11.0. The number of carbonyl (C=O) groups is 2. The van der Waals surface area contributed by atoms with E-state index >= 15 is 0 Å². The maximum absolute atomic E-state index is 12.4. The zero-order valence-corrected chi connectivity index (χ0v) is 13.8. The van der Waals surface area contributed by atoms with Crippen molar-refractivity contribution in [1.82, 2.24) is 10.3 Å². The second-order valence-corrected chi connectivity index (χ2v) is 5.48. The zero-order valence-electron chi connectivity index (χ0n) is 12.3. The molecular weight excluding hydrogens is 347 g/mol. The van der Waals surface area contributed by atoms with Gasteiger partial charge >= 0.3 is 5.97 Å². The zero-order chi connectivity index (χ0) is 16.8. The van der Waals surface area contributed by atoms with E-state index in [1.165, 1.54) is 12.1 Å². The molecule has 0 amide bonds. The number of esters is 1. The molecule has 1 unspecified atom stereocenters. The Bertz CT molecular complexity index is 682. The fraction of sp³-hybridized carbons (Fsp3) is 0.429. The molecule has 0 spiro atoms. The number of Topliss-reactive ketones (excluding diaryl/α,β-unsaturated/α-hetero) is 1. The summed E-state index contributed by atoms with van der Waals surface area (Å²) in [6, 6.07) is 2.97. The quantitative estimate of drug-likeness (QED) is 0.527. The molecule has 0 aliphatic carbocycles. The van der Waals surface area contributed by atoms with Gasteiger partial charge in [0.1, 0.15) is 23.2 Å². The highest BCUT2D eigenvalue weighted by Gasteiger charge is 2.29. The third-order valence-electron chi connectivity index (χ3n) is 3.04. The van der Waals surface area contributed by atoms with Crippen LogP contribution in [0.3, 0.4) is 0 Å². The topological polar surface area (TPSA) is 95.4 Å². The van der Waals surface area contributed by atoms with Crippen LogP contribution in [-0.2, 0) is 27.2 Å². The number of carbonyl (C=O) groups excluding carboxylic acids is 2. The molecule has 0 fully saturated rings. The number of nitrogens with zero attached hydrogens (tertiary/aromatic N) is 2. The summed E-state index contributed by atoms with van der Waals surface area (Å²) in [7, 11) is 0. The Kier molecular flexibility index (Phi) is 6.18. The summed E-state index contributed by atoms with van der Waals surface area (Å²) in [6.45, 7) is 1.85. The van der Waals surface area contributed by atoms with Crippen molar-refractivity contribution in [3.8, 4) is 0 Å². The van der Waals surface area contributed by atoms with Crippen LogP contribution in [0.25, 0.3) is 0 Å². The minimum absolute atomic E-state index is 0.0363. The Morgan fingerprint density at radius 1 is 1.17 bits per heavy atom. The predicted octanol–water partition coefficient (Wildman–Crippen LogP) is 2.89. The standard InChI is InChI=1S/C14H14Cl2N2O5/c1-2-21-14(20)10(5-9-7-13(16)18-23-9)11(19)4-3-8-6-12(15)17-22-8/h6-7,10H,2-5H2,1H3. The van der Waals surface area contributed by atoms with Crippen molar-refractivity contribution in [2.45, 2.75) is 26.2 Å². The molecular formula is C14H14Cl2N2O5. The van der Waals surface area contributed by atoms with Crippen LogP contribution >= 0.6 is 23.2 Å². The van der Waals surface area contributed by atoms with Gasteiger partial charge in [-0.2, -0.15) is 0 Å². The van der Waals surface area contributed by atoms with Crippen LogP contribution in [-0.4, -0.2) is 28.7 Å². The molecule has 2 aromatic rings. The molecule has 0 aliphatic heterocycles. The van der Waals surface area contributed by atoms with Crippen molar-refractivity contribution in [2.75, 3.05) is 6.61 Å². The maximum atomic E-state index is 12.4. The van der Waals surface area contributed by atoms with Gasteiger partial charge in [0.15, 0.2) is 10.3 Å². The highest BCUT2D eigenvalue weighted by molar-refractivity contribution is 6.29. The average molecular weight is 361 g/mol. The molecule has 0 bridgehead atoms. The molecule has 2 heterocycles. The Balaban J connectivity index is 2.02. The van der Waals surface area contributed by atoms with E-state index in [-0.39, 0.29) is 42.0 Å². The minimum Gasteiger partial charge on any atom is -0.465 e. The van der Waals surface area contributed by atoms with Crippen LogP contribution in [0.2, 0.25) is 10.3 Å². The van der Waals surface area contributed by atoms with Crippen LogP contribution in [0.15, 0.2) is 21.2 Å². The van der Waals surface area contributed by atoms with Gasteiger partial charge in [-0.3, -0.25) is 9.59 Å². The first kappa shape index (κ1) is 17.5. The van der Waals surface area contributed by atoms with E-state index in [0.29, 0.717) is 11.5 Å². The lowest BCUT2D eigenvalue weighted by molar-refractivity contribution is -0.151. The number of ether oxygens (including phenoxy) is 1. The molecule has 0 radical (unpaired) electrons. The monoisotopic (exact) mass is 360 g/mol. The van der Waals surface area contributed by atoms with E-state index in [2.05, 4.69) is 10.3 Å². The Hall–Kier alpha value is -1.86. The molecule has 23 heavy (non-hydrogen) atoms. The van der Waals surface area contributed by atoms with Crippen molar-refractivity contribution in [3.63, 3.8) is 0 Å². The first-order valence-corrected chi connectivity index (χ1v) is 7.66. The van der Waals surface area contributed by atoms with E-state index in [0.717, 1.165) is 0 Å². The van der Waals surface area contributed by atoms with Crippen LogP contribution in [0.4, 0.5) is 0 Å². The van der Waals surface area contributed by atoms with Crippen molar-refractivity contribution in [1.29, 1.82) is 0 Å². The predicted molar refractivity (Wildman–Crippen MR) is 80.2 cm³/mol. The van der Waals surface area contributed by atoms with Gasteiger partial charge in [0.05, 0.1) is 6.61 Å². The van der Waals surface area contributed by atoms with E-state index < -0.39 is 11.9 Å². The highest BCUT2D eigenvalue weighted by atomic mass is 35.5. The van der Waals surface area contributed by atoms with Gasteiger partial charge in [0, 0.05) is 31.4 Å². The minimum atomic E-state index is -0.989. The number of halogens is 2. The first-order valence-electron chi connectivity index (χ1n) is 6.91. The van der Waals surface area contributed by atoms with Gasteiger partial charge in [-0.15, -0.1) is 0 Å². The van der Waals surface area contributed by atoms with Crippen LogP contribution in [0, 0.1) is 5.92 Å². The Morgan fingerprint density at radius 3 is 2.30 bits per heavy atom. The summed E-state index contributed by atoms with van der Waals surface area (Å²) in [6.07, 6.45) is 0.400. The van der Waals surface area contributed by atoms with E-state index in [9.17, 15) is 9.59 Å². The number of aromatic nitrogens is 2. The Labute approximate surface area is 141 Å². The van der Waals surface area contributed by atoms with Gasteiger partial charge < -0.3 is 13.8 Å². The van der Waals surface area contributed by atoms with E-state index in [4.69, 9.17) is 37.0 Å². The molecule has 2 aromatic heterocycles. The fourth-order valence-electron chi connectivity index (χ4n) is 1.98. The molecule has 0 saturated heterocycles. The van der Waals surface area contributed by atoms with Crippen molar-refractivity contribution < 1.29 is 23.4 Å². The summed E-state index contributed by atoms with van der Waals surface area (Å²) in [5.41, 5.74) is 0. The summed E-state index contributed by atoms with van der Waals surface area (Å²) < 4.78 is 14.8. The smallest absolute Gasteiger partial charge is 0.316 e. The van der Waals surface area contributed by atoms with E-state index in [1.807, 2.05) is 0 Å². The fourth-order valence-corrected chi connectivity index (χ4v) is 2.30. The summed E-state index contributed by atoms with van der Waals surface area (Å²) >= 11 is 11.3. The summed E-state index contributed by atoms with van der Waals surface area (Å²) in [5, 5.41) is 7.42. The third-order valence-corrected chi connectivity index (χ3v) is 3.40. The third kappa shape index (κ3) is 5.07. The molecule has 7 nitrogen and oxygen atoms in total. The van der Waals surface area contributed by atoms with Crippen LogP contribution < -0.4 is 0 Å². The van der Waals surface area contributed by atoms with Crippen molar-refractivity contribution in [3.05, 3.63) is 34.0 Å². The van der Waals surface area contributed by atoms with Gasteiger partial charge in [-0.1, -0.05) is 33.5 Å². The Morgan fingerprint density at radius 2 is 1.78 bits per heavy atom. The molecule has 1 atom stereocenters.